The number of rotatable bonds is 9. The number of amides is 1. The summed E-state index contributed by atoms with van der Waals surface area (Å²) in [7, 11) is -0.429. The molecule has 11 heteroatoms. The molecule has 246 valence electrons. The molecule has 0 spiro atoms. The van der Waals surface area contributed by atoms with Gasteiger partial charge in [-0.3, -0.25) is 9.88 Å². The minimum absolute atomic E-state index is 0.0778. The zero-order chi connectivity index (χ0) is 33.2. The number of anilines is 1. The maximum atomic E-state index is 11.7. The average molecular weight is 646 g/mol. The standard InChI is InChI=1S/C35H47N5O5Si/c1-24-18-39(31-13-12-25(17-36)32-30(31)9-8-15-37-32)21-28(22-45-46(6,7)35(2,3)4)40(24)20-27-11-10-26-19-38(34(41)42)16-14-29(26)33(27)44-23-43-5/h8-13,15,24,28H,14,16,18-23H2,1-7H3,(H,41,42). The van der Waals surface area contributed by atoms with Crippen molar-refractivity contribution >= 4 is 31.0 Å². The van der Waals surface area contributed by atoms with Gasteiger partial charge in [0.15, 0.2) is 15.1 Å². The van der Waals surface area contributed by atoms with Gasteiger partial charge in [-0.15, -0.1) is 0 Å². The van der Waals surface area contributed by atoms with Gasteiger partial charge in [-0.25, -0.2) is 4.79 Å². The summed E-state index contributed by atoms with van der Waals surface area (Å²) in [5.74, 6) is 0.798. The lowest BCUT2D eigenvalue weighted by Crippen LogP contribution is -2.60. The Morgan fingerprint density at radius 2 is 1.96 bits per heavy atom. The van der Waals surface area contributed by atoms with Crippen molar-refractivity contribution in [3.63, 3.8) is 0 Å². The molecule has 2 aliphatic heterocycles. The van der Waals surface area contributed by atoms with E-state index in [1.165, 1.54) is 4.90 Å². The van der Waals surface area contributed by atoms with E-state index in [4.69, 9.17) is 13.9 Å². The monoisotopic (exact) mass is 645 g/mol. The van der Waals surface area contributed by atoms with E-state index in [1.807, 2.05) is 12.1 Å². The molecule has 0 bridgehead atoms. The molecule has 10 nitrogen and oxygen atoms in total. The number of fused-ring (bicyclic) bond motifs is 2. The Labute approximate surface area is 273 Å². The smallest absolute Gasteiger partial charge is 0.407 e. The molecule has 3 heterocycles. The highest BCUT2D eigenvalue weighted by Crippen LogP contribution is 2.39. The van der Waals surface area contributed by atoms with Crippen molar-refractivity contribution in [2.24, 2.45) is 0 Å². The number of hydrogen-bond donors (Lipinski definition) is 1. The Bertz CT molecular complexity index is 1620. The number of hydrogen-bond acceptors (Lipinski definition) is 8. The number of carbonyl (C=O) groups is 1. The van der Waals surface area contributed by atoms with Gasteiger partial charge in [0, 0.05) is 80.3 Å². The topological polar surface area (TPSA) is 111 Å². The van der Waals surface area contributed by atoms with Gasteiger partial charge in [0.1, 0.15) is 11.8 Å². The van der Waals surface area contributed by atoms with Crippen LogP contribution in [0.1, 0.15) is 49.9 Å². The Kier molecular flexibility index (Phi) is 9.94. The van der Waals surface area contributed by atoms with Gasteiger partial charge in [0.2, 0.25) is 0 Å². The number of methoxy groups -OCH3 is 1. The quantitative estimate of drug-likeness (QED) is 0.214. The number of aromatic nitrogens is 1. The Morgan fingerprint density at radius 1 is 1.17 bits per heavy atom. The van der Waals surface area contributed by atoms with Gasteiger partial charge in [-0.05, 0) is 61.3 Å². The molecule has 2 aromatic carbocycles. The summed E-state index contributed by atoms with van der Waals surface area (Å²) in [5, 5.41) is 20.4. The molecule has 5 rings (SSSR count). The molecule has 0 aliphatic carbocycles. The van der Waals surface area contributed by atoms with E-state index in [9.17, 15) is 15.2 Å². The van der Waals surface area contributed by atoms with Gasteiger partial charge in [-0.1, -0.05) is 32.9 Å². The molecule has 2 unspecified atom stereocenters. The lowest BCUT2D eigenvalue weighted by atomic mass is 9.94. The van der Waals surface area contributed by atoms with E-state index in [1.54, 1.807) is 13.3 Å². The Hall–Kier alpha value is -3.69. The van der Waals surface area contributed by atoms with Gasteiger partial charge in [-0.2, -0.15) is 5.26 Å². The van der Waals surface area contributed by atoms with Crippen LogP contribution >= 0.6 is 0 Å². The molecule has 1 amide bonds. The summed E-state index contributed by atoms with van der Waals surface area (Å²) in [5.41, 5.74) is 5.47. The van der Waals surface area contributed by atoms with Gasteiger partial charge >= 0.3 is 6.09 Å². The predicted molar refractivity (Wildman–Crippen MR) is 182 cm³/mol. The molecule has 0 radical (unpaired) electrons. The van der Waals surface area contributed by atoms with Crippen molar-refractivity contribution in [2.75, 3.05) is 45.0 Å². The summed E-state index contributed by atoms with van der Waals surface area (Å²) < 4.78 is 18.4. The molecule has 3 aromatic rings. The lowest BCUT2D eigenvalue weighted by Gasteiger charge is -2.48. The van der Waals surface area contributed by atoms with E-state index in [0.717, 1.165) is 52.1 Å². The van der Waals surface area contributed by atoms with Gasteiger partial charge in [0.05, 0.1) is 17.7 Å². The zero-order valence-corrected chi connectivity index (χ0v) is 29.2. The summed E-state index contributed by atoms with van der Waals surface area (Å²) >= 11 is 0. The highest BCUT2D eigenvalue weighted by atomic mass is 28.4. The fraction of sp³-hybridized carbons (Fsp3) is 0.514. The summed E-state index contributed by atoms with van der Waals surface area (Å²) in [4.78, 5) is 22.6. The summed E-state index contributed by atoms with van der Waals surface area (Å²) in [6, 6.07) is 14.6. The van der Waals surface area contributed by atoms with Crippen molar-refractivity contribution in [1.82, 2.24) is 14.8 Å². The first kappa shape index (κ1) is 33.7. The van der Waals surface area contributed by atoms with Crippen LogP contribution in [-0.4, -0.2) is 86.5 Å². The minimum atomic E-state index is -2.04. The van der Waals surface area contributed by atoms with Crippen LogP contribution in [0.2, 0.25) is 18.1 Å². The maximum Gasteiger partial charge on any atom is 0.407 e. The third kappa shape index (κ3) is 6.86. The van der Waals surface area contributed by atoms with E-state index in [0.29, 0.717) is 38.2 Å². The van der Waals surface area contributed by atoms with E-state index in [-0.39, 0.29) is 23.9 Å². The molecule has 1 N–H and O–H groups in total. The zero-order valence-electron chi connectivity index (χ0n) is 28.2. The fourth-order valence-electron chi connectivity index (χ4n) is 6.35. The highest BCUT2D eigenvalue weighted by Gasteiger charge is 2.40. The number of benzene rings is 2. The molecule has 46 heavy (non-hydrogen) atoms. The first-order chi connectivity index (χ1) is 21.8. The number of piperazine rings is 1. The number of carboxylic acid groups (broad SMARTS) is 1. The second kappa shape index (κ2) is 13.6. The first-order valence-corrected chi connectivity index (χ1v) is 18.9. The van der Waals surface area contributed by atoms with Gasteiger partial charge < -0.3 is 28.8 Å². The van der Waals surface area contributed by atoms with Crippen LogP contribution in [0.5, 0.6) is 5.75 Å². The normalized spacial score (nSPS) is 19.2. The third-order valence-corrected chi connectivity index (χ3v) is 14.5. The number of ether oxygens (including phenoxy) is 2. The number of nitriles is 1. The van der Waals surface area contributed by atoms with Crippen LogP contribution in [0.4, 0.5) is 10.5 Å². The first-order valence-electron chi connectivity index (χ1n) is 16.0. The number of pyridine rings is 1. The maximum absolute atomic E-state index is 11.7. The molecular weight excluding hydrogens is 599 g/mol. The SMILES string of the molecule is COCOc1c(CN2C(C)CN(c3ccc(C#N)c4ncccc34)CC2CO[Si](C)(C)C(C)(C)C)ccc2c1CCN(C(=O)O)C2. The number of nitrogens with zero attached hydrogens (tertiary/aromatic N) is 5. The van der Waals surface area contributed by atoms with Crippen LogP contribution in [0, 0.1) is 11.3 Å². The van der Waals surface area contributed by atoms with Crippen LogP contribution in [0.15, 0.2) is 42.6 Å². The fourth-order valence-corrected chi connectivity index (χ4v) is 7.39. The van der Waals surface area contributed by atoms with Crippen molar-refractivity contribution in [3.05, 3.63) is 64.8 Å². The van der Waals surface area contributed by atoms with Gasteiger partial charge in [0.25, 0.3) is 0 Å². The molecule has 2 aliphatic rings. The molecule has 1 aromatic heterocycles. The summed E-state index contributed by atoms with van der Waals surface area (Å²) in [6.07, 6.45) is 1.43. The minimum Gasteiger partial charge on any atom is -0.467 e. The molecule has 2 atom stereocenters. The molecule has 1 fully saturated rings. The highest BCUT2D eigenvalue weighted by molar-refractivity contribution is 6.74. The summed E-state index contributed by atoms with van der Waals surface area (Å²) in [6.45, 7) is 17.3. The Balaban J connectivity index is 1.49. The van der Waals surface area contributed by atoms with Crippen molar-refractivity contribution in [2.45, 2.75) is 77.4 Å². The van der Waals surface area contributed by atoms with Crippen LogP contribution in [-0.2, 0) is 28.7 Å². The average Bonchev–Trinajstić information content (AvgIpc) is 3.02. The predicted octanol–water partition coefficient (Wildman–Crippen LogP) is 6.23. The van der Waals surface area contributed by atoms with Crippen LogP contribution in [0.3, 0.4) is 0 Å². The van der Waals surface area contributed by atoms with E-state index < -0.39 is 14.4 Å². The van der Waals surface area contributed by atoms with Crippen molar-refractivity contribution in [1.29, 1.82) is 5.26 Å². The third-order valence-electron chi connectivity index (χ3n) is 9.98. The van der Waals surface area contributed by atoms with Crippen LogP contribution < -0.4 is 9.64 Å². The second-order valence-electron chi connectivity index (χ2n) is 14.0. The van der Waals surface area contributed by atoms with E-state index in [2.05, 4.69) is 85.9 Å². The molecule has 1 saturated heterocycles. The largest absolute Gasteiger partial charge is 0.467 e. The van der Waals surface area contributed by atoms with Crippen molar-refractivity contribution < 1.29 is 23.8 Å². The Morgan fingerprint density at radius 3 is 2.65 bits per heavy atom. The lowest BCUT2D eigenvalue weighted by molar-refractivity contribution is 0.0449. The van der Waals surface area contributed by atoms with Crippen molar-refractivity contribution in [3.8, 4) is 11.8 Å². The van der Waals surface area contributed by atoms with E-state index >= 15 is 0 Å². The second-order valence-corrected chi connectivity index (χ2v) is 18.8. The molecular formula is C35H47N5O5Si. The van der Waals surface area contributed by atoms with Crippen LogP contribution in [0.25, 0.3) is 10.9 Å². The molecule has 0 saturated carbocycles.